The van der Waals surface area contributed by atoms with Gasteiger partial charge in [0.2, 0.25) is 0 Å². The fourth-order valence-electron chi connectivity index (χ4n) is 1.99. The van der Waals surface area contributed by atoms with Crippen LogP contribution in [0, 0.1) is 5.92 Å². The molecule has 94 valence electrons. The van der Waals surface area contributed by atoms with Gasteiger partial charge in [-0.2, -0.15) is 0 Å². The second-order valence-corrected chi connectivity index (χ2v) is 5.23. The van der Waals surface area contributed by atoms with Gasteiger partial charge in [-0.3, -0.25) is 0 Å². The van der Waals surface area contributed by atoms with Gasteiger partial charge in [-0.15, -0.1) is 11.6 Å². The minimum Gasteiger partial charge on any atom is -0.346 e. The maximum absolute atomic E-state index is 5.74. The van der Waals surface area contributed by atoms with Gasteiger partial charge in [0.05, 0.1) is 18.6 Å². The predicted octanol–water partition coefficient (Wildman–Crippen LogP) is 3.54. The van der Waals surface area contributed by atoms with E-state index in [0.717, 1.165) is 12.0 Å². The van der Waals surface area contributed by atoms with Crippen LogP contribution in [0.4, 0.5) is 0 Å². The second-order valence-electron chi connectivity index (χ2n) is 4.92. The van der Waals surface area contributed by atoms with Crippen molar-refractivity contribution in [3.63, 3.8) is 0 Å². The lowest BCUT2D eigenvalue weighted by molar-refractivity contribution is -0.0567. The predicted molar refractivity (Wildman–Crippen MR) is 69.3 cm³/mol. The minimum atomic E-state index is -0.244. The van der Waals surface area contributed by atoms with E-state index in [-0.39, 0.29) is 12.4 Å². The Morgan fingerprint density at radius 3 is 2.53 bits per heavy atom. The van der Waals surface area contributed by atoms with E-state index in [1.807, 2.05) is 0 Å². The zero-order valence-corrected chi connectivity index (χ0v) is 11.1. The molecule has 1 aromatic carbocycles. The quantitative estimate of drug-likeness (QED) is 0.766. The number of halogens is 1. The Morgan fingerprint density at radius 1 is 1.29 bits per heavy atom. The van der Waals surface area contributed by atoms with Crippen LogP contribution in [0.15, 0.2) is 24.3 Å². The number of benzene rings is 1. The molecule has 1 aliphatic rings. The van der Waals surface area contributed by atoms with Crippen molar-refractivity contribution in [3.05, 3.63) is 35.4 Å². The van der Waals surface area contributed by atoms with Crippen molar-refractivity contribution in [2.75, 3.05) is 12.5 Å². The first kappa shape index (κ1) is 12.9. The van der Waals surface area contributed by atoms with Gasteiger partial charge in [0.1, 0.15) is 0 Å². The normalized spacial score (nSPS) is 24.5. The fraction of sp³-hybridized carbons (Fsp3) is 0.571. The summed E-state index contributed by atoms with van der Waals surface area (Å²) in [5.74, 6) is 1.17. The second kappa shape index (κ2) is 5.85. The van der Waals surface area contributed by atoms with E-state index in [0.29, 0.717) is 18.4 Å². The van der Waals surface area contributed by atoms with E-state index in [2.05, 4.69) is 38.1 Å². The lowest BCUT2D eigenvalue weighted by Gasteiger charge is -2.11. The van der Waals surface area contributed by atoms with Crippen LogP contribution in [0.1, 0.15) is 31.3 Å². The summed E-state index contributed by atoms with van der Waals surface area (Å²) in [5.41, 5.74) is 2.43. The minimum absolute atomic E-state index is 0.0250. The van der Waals surface area contributed by atoms with Gasteiger partial charge in [0.25, 0.3) is 0 Å². The Balaban J connectivity index is 1.98. The van der Waals surface area contributed by atoms with E-state index in [9.17, 15) is 0 Å². The van der Waals surface area contributed by atoms with Crippen molar-refractivity contribution in [3.8, 4) is 0 Å². The SMILES string of the molecule is CC(C)Cc1ccc(C2OCC(CCl)O2)cc1. The number of alkyl halides is 1. The lowest BCUT2D eigenvalue weighted by atomic mass is 10.0. The molecule has 1 saturated heterocycles. The molecule has 0 bridgehead atoms. The first-order valence-electron chi connectivity index (χ1n) is 6.11. The zero-order chi connectivity index (χ0) is 12.3. The van der Waals surface area contributed by atoms with Gasteiger partial charge in [-0.05, 0) is 17.9 Å². The van der Waals surface area contributed by atoms with E-state index >= 15 is 0 Å². The average molecular weight is 255 g/mol. The molecule has 2 atom stereocenters. The summed E-state index contributed by atoms with van der Waals surface area (Å²) >= 11 is 5.74. The van der Waals surface area contributed by atoms with Gasteiger partial charge >= 0.3 is 0 Å². The summed E-state index contributed by atoms with van der Waals surface area (Å²) in [7, 11) is 0. The molecule has 1 fully saturated rings. The van der Waals surface area contributed by atoms with Crippen molar-refractivity contribution in [2.24, 2.45) is 5.92 Å². The molecular weight excluding hydrogens is 236 g/mol. The smallest absolute Gasteiger partial charge is 0.184 e. The molecule has 0 amide bonds. The number of ether oxygens (including phenoxy) is 2. The molecule has 2 unspecified atom stereocenters. The molecular formula is C14H19ClO2. The Labute approximate surface area is 108 Å². The van der Waals surface area contributed by atoms with Gasteiger partial charge in [0.15, 0.2) is 6.29 Å². The van der Waals surface area contributed by atoms with Crippen LogP contribution in [0.3, 0.4) is 0 Å². The fourth-order valence-corrected chi connectivity index (χ4v) is 2.15. The standard InChI is InChI=1S/C14H19ClO2/c1-10(2)7-11-3-5-12(6-4-11)14-16-9-13(8-15)17-14/h3-6,10,13-14H,7-9H2,1-2H3. The third-order valence-electron chi connectivity index (χ3n) is 2.82. The maximum atomic E-state index is 5.74. The zero-order valence-electron chi connectivity index (χ0n) is 10.4. The summed E-state index contributed by atoms with van der Waals surface area (Å²) in [6, 6.07) is 8.46. The molecule has 3 heteroatoms. The molecule has 17 heavy (non-hydrogen) atoms. The first-order valence-corrected chi connectivity index (χ1v) is 6.64. The van der Waals surface area contributed by atoms with E-state index < -0.39 is 0 Å². The Kier molecular flexibility index (Phi) is 4.43. The monoisotopic (exact) mass is 254 g/mol. The van der Waals surface area contributed by atoms with Gasteiger partial charge in [-0.1, -0.05) is 38.1 Å². The molecule has 1 heterocycles. The molecule has 1 aromatic rings. The van der Waals surface area contributed by atoms with Crippen molar-refractivity contribution in [1.82, 2.24) is 0 Å². The van der Waals surface area contributed by atoms with Crippen molar-refractivity contribution < 1.29 is 9.47 Å². The van der Waals surface area contributed by atoms with Crippen LogP contribution in [-0.4, -0.2) is 18.6 Å². The van der Waals surface area contributed by atoms with Gasteiger partial charge < -0.3 is 9.47 Å². The molecule has 2 rings (SSSR count). The molecule has 0 radical (unpaired) electrons. The summed E-state index contributed by atoms with van der Waals surface area (Å²) < 4.78 is 11.2. The first-order chi connectivity index (χ1) is 8.19. The van der Waals surface area contributed by atoms with Crippen LogP contribution in [-0.2, 0) is 15.9 Å². The lowest BCUT2D eigenvalue weighted by Crippen LogP contribution is -2.10. The van der Waals surface area contributed by atoms with Crippen LogP contribution in [0.2, 0.25) is 0 Å². The highest BCUT2D eigenvalue weighted by atomic mass is 35.5. The Morgan fingerprint density at radius 2 is 2.00 bits per heavy atom. The molecule has 0 N–H and O–H groups in total. The highest BCUT2D eigenvalue weighted by Gasteiger charge is 2.26. The summed E-state index contributed by atoms with van der Waals surface area (Å²) in [6.07, 6.45) is 0.889. The Bertz CT molecular complexity index is 348. The van der Waals surface area contributed by atoms with Crippen molar-refractivity contribution >= 4 is 11.6 Å². The number of hydrogen-bond donors (Lipinski definition) is 0. The van der Waals surface area contributed by atoms with Gasteiger partial charge in [0, 0.05) is 5.56 Å². The molecule has 0 aromatic heterocycles. The number of hydrogen-bond acceptors (Lipinski definition) is 2. The van der Waals surface area contributed by atoms with Gasteiger partial charge in [-0.25, -0.2) is 0 Å². The highest BCUT2D eigenvalue weighted by molar-refractivity contribution is 6.18. The van der Waals surface area contributed by atoms with Crippen molar-refractivity contribution in [2.45, 2.75) is 32.7 Å². The molecule has 2 nitrogen and oxygen atoms in total. The summed E-state index contributed by atoms with van der Waals surface area (Å²) in [6.45, 7) is 5.03. The molecule has 0 spiro atoms. The van der Waals surface area contributed by atoms with Crippen molar-refractivity contribution in [1.29, 1.82) is 0 Å². The maximum Gasteiger partial charge on any atom is 0.184 e. The third-order valence-corrected chi connectivity index (χ3v) is 3.16. The average Bonchev–Trinajstić information content (AvgIpc) is 2.78. The molecule has 1 aliphatic heterocycles. The van der Waals surface area contributed by atoms with Crippen LogP contribution < -0.4 is 0 Å². The Hall–Kier alpha value is -0.570. The summed E-state index contributed by atoms with van der Waals surface area (Å²) in [5, 5.41) is 0. The third kappa shape index (κ3) is 3.44. The van der Waals surface area contributed by atoms with E-state index in [4.69, 9.17) is 21.1 Å². The van der Waals surface area contributed by atoms with Crippen LogP contribution in [0.25, 0.3) is 0 Å². The van der Waals surface area contributed by atoms with Crippen LogP contribution in [0.5, 0.6) is 0 Å². The topological polar surface area (TPSA) is 18.5 Å². The van der Waals surface area contributed by atoms with E-state index in [1.165, 1.54) is 5.56 Å². The molecule has 0 saturated carbocycles. The highest BCUT2D eigenvalue weighted by Crippen LogP contribution is 2.27. The number of rotatable bonds is 4. The summed E-state index contributed by atoms with van der Waals surface area (Å²) in [4.78, 5) is 0. The largest absolute Gasteiger partial charge is 0.346 e. The van der Waals surface area contributed by atoms with Crippen LogP contribution >= 0.6 is 11.6 Å². The molecule has 0 aliphatic carbocycles. The van der Waals surface area contributed by atoms with E-state index in [1.54, 1.807) is 0 Å².